The summed E-state index contributed by atoms with van der Waals surface area (Å²) in [5.41, 5.74) is 4.87. The Morgan fingerprint density at radius 2 is 2.00 bits per heavy atom. The average molecular weight is 337 g/mol. The van der Waals surface area contributed by atoms with Gasteiger partial charge in [0.15, 0.2) is 0 Å². The number of aliphatic hydroxyl groups is 1. The van der Waals surface area contributed by atoms with E-state index in [1.54, 1.807) is 19.9 Å². The van der Waals surface area contributed by atoms with E-state index in [0.717, 1.165) is 0 Å². The Morgan fingerprint density at radius 3 is 2.44 bits per heavy atom. The van der Waals surface area contributed by atoms with E-state index in [4.69, 9.17) is 5.73 Å². The number of rotatable bonds is 4. The summed E-state index contributed by atoms with van der Waals surface area (Å²) in [5, 5.41) is 9.54. The van der Waals surface area contributed by atoms with Gasteiger partial charge in [-0.05, 0) is 39.0 Å². The molecular formula is C11H17BrN2O3S. The molecule has 1 aromatic rings. The number of aliphatic hydroxyl groups excluding tert-OH is 1. The molecule has 0 fully saturated rings. The largest absolute Gasteiger partial charge is 0.398 e. The molecule has 5 nitrogen and oxygen atoms in total. The molecule has 0 saturated carbocycles. The van der Waals surface area contributed by atoms with E-state index in [1.165, 1.54) is 19.1 Å². The topological polar surface area (TPSA) is 92.4 Å². The molecule has 0 aliphatic carbocycles. The van der Waals surface area contributed by atoms with Gasteiger partial charge in [-0.3, -0.25) is 0 Å². The van der Waals surface area contributed by atoms with Gasteiger partial charge in [0.1, 0.15) is 4.90 Å². The van der Waals surface area contributed by atoms with Crippen molar-refractivity contribution in [3.8, 4) is 0 Å². The van der Waals surface area contributed by atoms with E-state index in [0.29, 0.717) is 4.47 Å². The Kier molecular flexibility index (Phi) is 4.42. The molecule has 0 radical (unpaired) electrons. The summed E-state index contributed by atoms with van der Waals surface area (Å²) in [7, 11) is -3.77. The number of nitrogen functional groups attached to an aromatic ring is 1. The monoisotopic (exact) mass is 336 g/mol. The maximum Gasteiger partial charge on any atom is 0.243 e. The van der Waals surface area contributed by atoms with E-state index in [9.17, 15) is 13.5 Å². The number of nitrogens with one attached hydrogen (secondary N) is 1. The molecule has 0 aromatic heterocycles. The fourth-order valence-electron chi connectivity index (χ4n) is 1.25. The molecule has 102 valence electrons. The highest BCUT2D eigenvalue weighted by Crippen LogP contribution is 2.24. The predicted octanol–water partition coefficient (Wildman–Crippen LogP) is 1.47. The molecule has 0 bridgehead atoms. The van der Waals surface area contributed by atoms with Crippen LogP contribution in [0, 0.1) is 0 Å². The Bertz CT molecular complexity index is 541. The zero-order chi connectivity index (χ0) is 14.1. The number of hydrogen-bond acceptors (Lipinski definition) is 4. The molecule has 1 atom stereocenters. The number of halogens is 1. The highest BCUT2D eigenvalue weighted by Gasteiger charge is 2.31. The third kappa shape index (κ3) is 3.44. The van der Waals surface area contributed by atoms with Gasteiger partial charge in [0.2, 0.25) is 10.0 Å². The summed E-state index contributed by atoms with van der Waals surface area (Å²) >= 11 is 3.21. The molecular weight excluding hydrogens is 320 g/mol. The van der Waals surface area contributed by atoms with Crippen LogP contribution in [0.25, 0.3) is 0 Å². The highest BCUT2D eigenvalue weighted by atomic mass is 79.9. The summed E-state index contributed by atoms with van der Waals surface area (Å²) in [6.07, 6.45) is -0.830. The molecule has 1 unspecified atom stereocenters. The average Bonchev–Trinajstić information content (AvgIpc) is 2.14. The van der Waals surface area contributed by atoms with Crippen molar-refractivity contribution < 1.29 is 13.5 Å². The molecule has 0 saturated heterocycles. The summed E-state index contributed by atoms with van der Waals surface area (Å²) < 4.78 is 27.5. The quantitative estimate of drug-likeness (QED) is 0.726. The summed E-state index contributed by atoms with van der Waals surface area (Å²) in [6, 6.07) is 4.53. The second-order valence-corrected chi connectivity index (χ2v) is 7.25. The van der Waals surface area contributed by atoms with Crippen molar-refractivity contribution in [2.24, 2.45) is 0 Å². The third-order valence-corrected chi connectivity index (χ3v) is 4.94. The second-order valence-electron chi connectivity index (χ2n) is 4.69. The van der Waals surface area contributed by atoms with Crippen LogP contribution in [-0.2, 0) is 10.0 Å². The zero-order valence-electron chi connectivity index (χ0n) is 10.4. The fraction of sp³-hybridized carbons (Fsp3) is 0.455. The van der Waals surface area contributed by atoms with Gasteiger partial charge in [0, 0.05) is 4.47 Å². The first kappa shape index (κ1) is 15.4. The minimum atomic E-state index is -3.77. The van der Waals surface area contributed by atoms with E-state index < -0.39 is 21.7 Å². The molecule has 7 heteroatoms. The van der Waals surface area contributed by atoms with Gasteiger partial charge >= 0.3 is 0 Å². The van der Waals surface area contributed by atoms with Crippen molar-refractivity contribution in [3.05, 3.63) is 22.7 Å². The molecule has 18 heavy (non-hydrogen) atoms. The van der Waals surface area contributed by atoms with E-state index in [2.05, 4.69) is 20.7 Å². The number of hydrogen-bond donors (Lipinski definition) is 3. The normalized spacial score (nSPS) is 14.5. The standard InChI is InChI=1S/C11H17BrN2O3S/c1-7(15)11(2,3)14-18(16,17)10-5-4-8(12)6-9(10)13/h4-7,14-15H,13H2,1-3H3. The van der Waals surface area contributed by atoms with E-state index in [1.807, 2.05) is 0 Å². The first-order valence-electron chi connectivity index (χ1n) is 5.33. The second kappa shape index (κ2) is 5.16. The fourth-order valence-corrected chi connectivity index (χ4v) is 3.22. The SMILES string of the molecule is CC(O)C(C)(C)NS(=O)(=O)c1ccc(Br)cc1N. The van der Waals surface area contributed by atoms with Gasteiger partial charge in [-0.2, -0.15) is 0 Å². The lowest BCUT2D eigenvalue weighted by Crippen LogP contribution is -2.50. The van der Waals surface area contributed by atoms with Crippen LogP contribution in [0.2, 0.25) is 0 Å². The van der Waals surface area contributed by atoms with Crippen molar-refractivity contribution in [2.45, 2.75) is 37.3 Å². The Morgan fingerprint density at radius 1 is 1.44 bits per heavy atom. The Labute approximate surface area is 116 Å². The summed E-state index contributed by atoms with van der Waals surface area (Å²) in [5.74, 6) is 0. The van der Waals surface area contributed by atoms with Crippen LogP contribution in [0.5, 0.6) is 0 Å². The molecule has 0 spiro atoms. The molecule has 0 amide bonds. The van der Waals surface area contributed by atoms with Crippen LogP contribution in [0.15, 0.2) is 27.6 Å². The zero-order valence-corrected chi connectivity index (χ0v) is 12.8. The van der Waals surface area contributed by atoms with E-state index in [-0.39, 0.29) is 10.6 Å². The van der Waals surface area contributed by atoms with Gasteiger partial charge in [-0.25, -0.2) is 13.1 Å². The van der Waals surface area contributed by atoms with Gasteiger partial charge in [0.25, 0.3) is 0 Å². The van der Waals surface area contributed by atoms with Crippen LogP contribution in [0.3, 0.4) is 0 Å². The lowest BCUT2D eigenvalue weighted by atomic mass is 10.0. The lowest BCUT2D eigenvalue weighted by Gasteiger charge is -2.29. The minimum absolute atomic E-state index is 0.000532. The lowest BCUT2D eigenvalue weighted by molar-refractivity contribution is 0.111. The van der Waals surface area contributed by atoms with Gasteiger partial charge < -0.3 is 10.8 Å². The Hall–Kier alpha value is -0.630. The summed E-state index contributed by atoms with van der Waals surface area (Å²) in [6.45, 7) is 4.72. The molecule has 0 aliphatic rings. The Balaban J connectivity index is 3.15. The molecule has 1 rings (SSSR count). The van der Waals surface area contributed by atoms with Crippen molar-refractivity contribution in [2.75, 3.05) is 5.73 Å². The van der Waals surface area contributed by atoms with Gasteiger partial charge in [-0.1, -0.05) is 15.9 Å². The molecule has 0 aliphatic heterocycles. The summed E-state index contributed by atoms with van der Waals surface area (Å²) in [4.78, 5) is -0.000532. The van der Waals surface area contributed by atoms with E-state index >= 15 is 0 Å². The molecule has 4 N–H and O–H groups in total. The van der Waals surface area contributed by atoms with Crippen LogP contribution in [-0.4, -0.2) is 25.2 Å². The number of anilines is 1. The van der Waals surface area contributed by atoms with Crippen LogP contribution in [0.1, 0.15) is 20.8 Å². The third-order valence-electron chi connectivity index (χ3n) is 2.70. The first-order valence-corrected chi connectivity index (χ1v) is 7.61. The number of benzene rings is 1. The van der Waals surface area contributed by atoms with Crippen molar-refractivity contribution in [1.29, 1.82) is 0 Å². The maximum absolute atomic E-state index is 12.2. The van der Waals surface area contributed by atoms with Crippen LogP contribution < -0.4 is 10.5 Å². The molecule has 1 aromatic carbocycles. The van der Waals surface area contributed by atoms with Crippen molar-refractivity contribution in [1.82, 2.24) is 4.72 Å². The molecule has 0 heterocycles. The maximum atomic E-state index is 12.2. The van der Waals surface area contributed by atoms with Crippen molar-refractivity contribution >= 4 is 31.6 Å². The number of sulfonamides is 1. The van der Waals surface area contributed by atoms with Crippen LogP contribution >= 0.6 is 15.9 Å². The minimum Gasteiger partial charge on any atom is -0.398 e. The highest BCUT2D eigenvalue weighted by molar-refractivity contribution is 9.10. The van der Waals surface area contributed by atoms with Gasteiger partial charge in [-0.15, -0.1) is 0 Å². The smallest absolute Gasteiger partial charge is 0.243 e. The van der Waals surface area contributed by atoms with Crippen LogP contribution in [0.4, 0.5) is 5.69 Å². The predicted molar refractivity (Wildman–Crippen MR) is 74.6 cm³/mol. The number of nitrogens with two attached hydrogens (primary N) is 1. The first-order chi connectivity index (χ1) is 8.06. The van der Waals surface area contributed by atoms with Crippen molar-refractivity contribution in [3.63, 3.8) is 0 Å². The van der Waals surface area contributed by atoms with Gasteiger partial charge in [0.05, 0.1) is 17.3 Å².